The maximum atomic E-state index is 12.9. The summed E-state index contributed by atoms with van der Waals surface area (Å²) in [7, 11) is 0. The molecule has 0 aliphatic rings. The van der Waals surface area contributed by atoms with Gasteiger partial charge in [0, 0.05) is 19.3 Å². The van der Waals surface area contributed by atoms with E-state index in [1.165, 1.54) is 128 Å². The third kappa shape index (κ3) is 68.2. The molecular formula is C77H128O6. The first kappa shape index (κ1) is 78.5. The van der Waals surface area contributed by atoms with Gasteiger partial charge >= 0.3 is 17.9 Å². The number of ether oxygens (including phenoxy) is 3. The van der Waals surface area contributed by atoms with Crippen molar-refractivity contribution in [1.82, 2.24) is 0 Å². The standard InChI is InChI=1S/C77H128O6/c1-4-7-10-13-16-19-22-25-28-30-32-34-35-36-37-38-39-40-41-43-44-46-49-52-55-58-61-64-67-70-76(79)82-73-74(72-81-75(78)69-66-63-60-57-54-51-48-27-24-21-18-15-12-9-6-3)83-77(80)71-68-65-62-59-56-53-50-47-45-42-33-31-29-26-23-20-17-14-11-8-5-2/h7-8,10-11,16-17,19-20,25-26,28-29,32-34,36-37,39-40,42,47,50,74H,4-6,9,12-15,18,21-24,27,30-31,35,38,41,43-46,48-49,51-73H2,1-3H3/b10-7-,11-8-,19-16-,20-17-,28-25-,29-26-,34-32-,37-36-,40-39-,42-33-,50-47-. The number of hydrogen-bond acceptors (Lipinski definition) is 6. The van der Waals surface area contributed by atoms with Gasteiger partial charge in [-0.2, -0.15) is 0 Å². The van der Waals surface area contributed by atoms with Crippen LogP contribution in [0.4, 0.5) is 0 Å². The second-order valence-electron chi connectivity index (χ2n) is 22.7. The molecule has 0 aliphatic carbocycles. The normalized spacial score (nSPS) is 13.0. The largest absolute Gasteiger partial charge is 0.462 e. The van der Waals surface area contributed by atoms with E-state index in [9.17, 15) is 14.4 Å². The van der Waals surface area contributed by atoms with Crippen molar-refractivity contribution in [2.75, 3.05) is 13.2 Å². The zero-order chi connectivity index (χ0) is 59.9. The lowest BCUT2D eigenvalue weighted by Gasteiger charge is -2.18. The van der Waals surface area contributed by atoms with Gasteiger partial charge in [-0.1, -0.05) is 315 Å². The van der Waals surface area contributed by atoms with Crippen LogP contribution in [0.2, 0.25) is 0 Å². The highest BCUT2D eigenvalue weighted by Gasteiger charge is 2.19. The van der Waals surface area contributed by atoms with Gasteiger partial charge in [0.05, 0.1) is 0 Å². The molecule has 0 aromatic heterocycles. The van der Waals surface area contributed by atoms with Crippen LogP contribution in [-0.4, -0.2) is 37.2 Å². The molecular weight excluding hydrogens is 1020 g/mol. The molecule has 0 rings (SSSR count). The molecule has 6 heteroatoms. The van der Waals surface area contributed by atoms with E-state index in [2.05, 4.69) is 154 Å². The fourth-order valence-corrected chi connectivity index (χ4v) is 9.53. The minimum atomic E-state index is -0.795. The Kier molecular flexibility index (Phi) is 66.3. The van der Waals surface area contributed by atoms with Gasteiger partial charge in [-0.25, -0.2) is 0 Å². The molecule has 472 valence electrons. The third-order valence-electron chi connectivity index (χ3n) is 14.7. The number of hydrogen-bond donors (Lipinski definition) is 0. The van der Waals surface area contributed by atoms with Crippen molar-refractivity contribution in [3.63, 3.8) is 0 Å². The van der Waals surface area contributed by atoms with Crippen molar-refractivity contribution in [3.05, 3.63) is 134 Å². The van der Waals surface area contributed by atoms with E-state index in [-0.39, 0.29) is 31.1 Å². The molecule has 1 atom stereocenters. The third-order valence-corrected chi connectivity index (χ3v) is 14.7. The monoisotopic (exact) mass is 1150 g/mol. The van der Waals surface area contributed by atoms with Crippen molar-refractivity contribution in [3.8, 4) is 0 Å². The molecule has 0 amide bonds. The summed E-state index contributed by atoms with van der Waals surface area (Å²) in [6.07, 6.45) is 98.9. The lowest BCUT2D eigenvalue weighted by Crippen LogP contribution is -2.30. The molecule has 6 nitrogen and oxygen atoms in total. The molecule has 0 saturated carbocycles. The maximum Gasteiger partial charge on any atom is 0.306 e. The molecule has 0 aliphatic heterocycles. The summed E-state index contributed by atoms with van der Waals surface area (Å²) in [5.41, 5.74) is 0. The Morgan fingerprint density at radius 1 is 0.253 bits per heavy atom. The first-order valence-corrected chi connectivity index (χ1v) is 34.7. The molecule has 0 radical (unpaired) electrons. The summed E-state index contributed by atoms with van der Waals surface area (Å²) in [4.78, 5) is 38.5. The van der Waals surface area contributed by atoms with E-state index >= 15 is 0 Å². The molecule has 0 aromatic rings. The van der Waals surface area contributed by atoms with Crippen molar-refractivity contribution in [1.29, 1.82) is 0 Å². The van der Waals surface area contributed by atoms with E-state index in [1.54, 1.807) is 0 Å². The fraction of sp³-hybridized carbons (Fsp3) is 0.675. The van der Waals surface area contributed by atoms with Gasteiger partial charge in [0.15, 0.2) is 6.10 Å². The average Bonchev–Trinajstić information content (AvgIpc) is 3.49. The van der Waals surface area contributed by atoms with E-state index in [0.717, 1.165) is 148 Å². The summed E-state index contributed by atoms with van der Waals surface area (Å²) in [6, 6.07) is 0. The second-order valence-corrected chi connectivity index (χ2v) is 22.7. The Morgan fingerprint density at radius 2 is 0.470 bits per heavy atom. The number of esters is 3. The molecule has 0 aromatic carbocycles. The van der Waals surface area contributed by atoms with Crippen molar-refractivity contribution >= 4 is 17.9 Å². The molecule has 0 heterocycles. The molecule has 0 N–H and O–H groups in total. The minimum absolute atomic E-state index is 0.0874. The number of carbonyl (C=O) groups excluding carboxylic acids is 3. The number of carbonyl (C=O) groups is 3. The van der Waals surface area contributed by atoms with Crippen LogP contribution in [0.25, 0.3) is 0 Å². The van der Waals surface area contributed by atoms with E-state index in [0.29, 0.717) is 19.3 Å². The Morgan fingerprint density at radius 3 is 0.735 bits per heavy atom. The fourth-order valence-electron chi connectivity index (χ4n) is 9.53. The highest BCUT2D eigenvalue weighted by atomic mass is 16.6. The summed E-state index contributed by atoms with van der Waals surface area (Å²) in [6.45, 7) is 6.42. The molecule has 0 saturated heterocycles. The van der Waals surface area contributed by atoms with Crippen LogP contribution in [-0.2, 0) is 28.6 Å². The van der Waals surface area contributed by atoms with Gasteiger partial charge in [0.1, 0.15) is 13.2 Å². The Labute approximate surface area is 513 Å². The predicted molar refractivity (Wildman–Crippen MR) is 362 cm³/mol. The van der Waals surface area contributed by atoms with Crippen LogP contribution in [0, 0.1) is 0 Å². The quantitative estimate of drug-likeness (QED) is 0.0261. The van der Waals surface area contributed by atoms with Gasteiger partial charge in [0.25, 0.3) is 0 Å². The summed E-state index contributed by atoms with van der Waals surface area (Å²) < 4.78 is 17.0. The zero-order valence-corrected chi connectivity index (χ0v) is 54.2. The van der Waals surface area contributed by atoms with Crippen molar-refractivity contribution < 1.29 is 28.6 Å². The van der Waals surface area contributed by atoms with Gasteiger partial charge in [0.2, 0.25) is 0 Å². The minimum Gasteiger partial charge on any atom is -0.462 e. The van der Waals surface area contributed by atoms with Gasteiger partial charge < -0.3 is 14.2 Å². The Bertz CT molecular complexity index is 1750. The van der Waals surface area contributed by atoms with Gasteiger partial charge in [-0.3, -0.25) is 14.4 Å². The molecule has 0 fully saturated rings. The highest BCUT2D eigenvalue weighted by Crippen LogP contribution is 2.17. The molecule has 0 spiro atoms. The topological polar surface area (TPSA) is 78.9 Å². The first-order valence-electron chi connectivity index (χ1n) is 34.7. The van der Waals surface area contributed by atoms with Crippen LogP contribution < -0.4 is 0 Å². The summed E-state index contributed by atoms with van der Waals surface area (Å²) in [5.74, 6) is -0.901. The predicted octanol–water partition coefficient (Wildman–Crippen LogP) is 24.1. The molecule has 1 unspecified atom stereocenters. The number of unbranched alkanes of at least 4 members (excludes halogenated alkanes) is 29. The smallest absolute Gasteiger partial charge is 0.306 e. The van der Waals surface area contributed by atoms with Crippen LogP contribution in [0.1, 0.15) is 316 Å². The zero-order valence-electron chi connectivity index (χ0n) is 54.2. The Balaban J connectivity index is 4.37. The average molecular weight is 1150 g/mol. The van der Waals surface area contributed by atoms with Crippen molar-refractivity contribution in [2.45, 2.75) is 322 Å². The second kappa shape index (κ2) is 70.0. The number of allylic oxidation sites excluding steroid dienone is 22. The van der Waals surface area contributed by atoms with Crippen LogP contribution in [0.3, 0.4) is 0 Å². The maximum absolute atomic E-state index is 12.9. The van der Waals surface area contributed by atoms with E-state index < -0.39 is 6.10 Å². The summed E-state index contributed by atoms with van der Waals surface area (Å²) >= 11 is 0. The lowest BCUT2D eigenvalue weighted by molar-refractivity contribution is -0.167. The number of rotatable bonds is 62. The van der Waals surface area contributed by atoms with E-state index in [4.69, 9.17) is 14.2 Å². The van der Waals surface area contributed by atoms with Gasteiger partial charge in [-0.15, -0.1) is 0 Å². The van der Waals surface area contributed by atoms with Crippen LogP contribution in [0.5, 0.6) is 0 Å². The first-order chi connectivity index (χ1) is 41.0. The highest BCUT2D eigenvalue weighted by molar-refractivity contribution is 5.71. The lowest BCUT2D eigenvalue weighted by atomic mass is 10.0. The SMILES string of the molecule is CC/C=C\C/C=C\C/C=C\C/C=C\C/C=C\C/C=C\CCCCCCCCCCCCC(=O)OCC(COC(=O)CCCCCCCCCCCCCCCCC)OC(=O)CCCCCCC/C=C\C/C=C\C/C=C\C/C=C\C/C=C\CC. The van der Waals surface area contributed by atoms with Gasteiger partial charge in [-0.05, 0) is 116 Å². The summed E-state index contributed by atoms with van der Waals surface area (Å²) in [5, 5.41) is 0. The van der Waals surface area contributed by atoms with E-state index in [1.807, 2.05) is 0 Å². The van der Waals surface area contributed by atoms with Crippen LogP contribution >= 0.6 is 0 Å². The molecule has 0 bridgehead atoms. The molecule has 83 heavy (non-hydrogen) atoms. The Hall–Kier alpha value is -4.45. The van der Waals surface area contributed by atoms with Crippen molar-refractivity contribution in [2.24, 2.45) is 0 Å². The van der Waals surface area contributed by atoms with Crippen LogP contribution in [0.15, 0.2) is 134 Å².